The zero-order valence-corrected chi connectivity index (χ0v) is 17.2. The molecule has 1 N–H and O–H groups in total. The van der Waals surface area contributed by atoms with E-state index in [1.807, 2.05) is 6.07 Å². The lowest BCUT2D eigenvalue weighted by Gasteiger charge is -2.33. The average molecular weight is 392 g/mol. The molecule has 2 aromatic rings. The number of carbonyl (C=O) groups excluding carboxylic acids is 1. The highest BCUT2D eigenvalue weighted by atomic mass is 16.5. The Morgan fingerprint density at radius 1 is 1.21 bits per heavy atom. The van der Waals surface area contributed by atoms with Crippen LogP contribution in [0.2, 0.25) is 0 Å². The van der Waals surface area contributed by atoms with Crippen molar-refractivity contribution >= 4 is 5.91 Å². The van der Waals surface area contributed by atoms with Crippen molar-refractivity contribution in [2.45, 2.75) is 58.3 Å². The van der Waals surface area contributed by atoms with Crippen molar-refractivity contribution in [1.29, 1.82) is 5.26 Å². The summed E-state index contributed by atoms with van der Waals surface area (Å²) in [7, 11) is 0. The van der Waals surface area contributed by atoms with E-state index in [0.717, 1.165) is 18.7 Å². The van der Waals surface area contributed by atoms with Crippen LogP contribution < -0.4 is 10.1 Å². The molecule has 1 fully saturated rings. The van der Waals surface area contributed by atoms with Gasteiger partial charge in [0.05, 0.1) is 11.6 Å². The number of piperidine rings is 1. The highest BCUT2D eigenvalue weighted by Gasteiger charge is 2.20. The number of nitriles is 1. The summed E-state index contributed by atoms with van der Waals surface area (Å²) in [5.74, 6) is 0.418. The van der Waals surface area contributed by atoms with Crippen LogP contribution in [0.5, 0.6) is 5.75 Å². The number of carbonyl (C=O) groups is 1. The first-order chi connectivity index (χ1) is 14.1. The van der Waals surface area contributed by atoms with Crippen LogP contribution in [0.25, 0.3) is 0 Å². The fraction of sp³-hybridized carbons (Fsp3) is 0.417. The van der Waals surface area contributed by atoms with Gasteiger partial charge >= 0.3 is 0 Å². The number of nitrogens with zero attached hydrogens (tertiary/aromatic N) is 2. The van der Waals surface area contributed by atoms with Gasteiger partial charge in [-0.3, -0.25) is 9.69 Å². The number of likely N-dealkylation sites (tertiary alicyclic amines) is 1. The van der Waals surface area contributed by atoms with Gasteiger partial charge in [0.2, 0.25) is 0 Å². The van der Waals surface area contributed by atoms with Crippen molar-refractivity contribution in [3.8, 4) is 11.8 Å². The molecular weight excluding hydrogens is 362 g/mol. The summed E-state index contributed by atoms with van der Waals surface area (Å²) in [6.07, 6.45) is 3.21. The predicted octanol–water partition coefficient (Wildman–Crippen LogP) is 4.02. The topological polar surface area (TPSA) is 65.4 Å². The van der Waals surface area contributed by atoms with Gasteiger partial charge in [0, 0.05) is 19.1 Å². The highest BCUT2D eigenvalue weighted by Crippen LogP contribution is 2.21. The SMILES string of the molecule is C[C@H](Oc1ccc(C#N)cc1)C(=O)NCc1ccccc1CN1CCCC[C@@H]1C. The van der Waals surface area contributed by atoms with E-state index in [1.165, 1.54) is 24.8 Å². The predicted molar refractivity (Wildman–Crippen MR) is 113 cm³/mol. The van der Waals surface area contributed by atoms with Crippen molar-refractivity contribution in [1.82, 2.24) is 10.2 Å². The Morgan fingerprint density at radius 3 is 2.62 bits per heavy atom. The molecule has 3 rings (SSSR count). The molecule has 1 amide bonds. The van der Waals surface area contributed by atoms with Crippen LogP contribution in [0.4, 0.5) is 0 Å². The van der Waals surface area contributed by atoms with Gasteiger partial charge in [0.1, 0.15) is 5.75 Å². The number of rotatable bonds is 7. The van der Waals surface area contributed by atoms with E-state index >= 15 is 0 Å². The first kappa shape index (κ1) is 20.9. The molecule has 0 spiro atoms. The Labute approximate surface area is 173 Å². The van der Waals surface area contributed by atoms with Crippen LogP contribution in [0.15, 0.2) is 48.5 Å². The highest BCUT2D eigenvalue weighted by molar-refractivity contribution is 5.80. The Kier molecular flexibility index (Phi) is 7.26. The van der Waals surface area contributed by atoms with Gasteiger partial charge in [-0.25, -0.2) is 0 Å². The third kappa shape index (κ3) is 5.82. The van der Waals surface area contributed by atoms with Gasteiger partial charge in [-0.15, -0.1) is 0 Å². The Balaban J connectivity index is 1.56. The van der Waals surface area contributed by atoms with Gasteiger partial charge in [-0.2, -0.15) is 5.26 Å². The first-order valence-electron chi connectivity index (χ1n) is 10.3. The van der Waals surface area contributed by atoms with E-state index in [4.69, 9.17) is 10.00 Å². The lowest BCUT2D eigenvalue weighted by molar-refractivity contribution is -0.127. The molecule has 29 heavy (non-hydrogen) atoms. The summed E-state index contributed by atoms with van der Waals surface area (Å²) in [5, 5.41) is 11.9. The number of amides is 1. The molecule has 0 radical (unpaired) electrons. The van der Waals surface area contributed by atoms with Crippen LogP contribution in [-0.2, 0) is 17.9 Å². The third-order valence-corrected chi connectivity index (χ3v) is 5.55. The second-order valence-electron chi connectivity index (χ2n) is 7.70. The molecule has 0 unspecified atom stereocenters. The van der Waals surface area contributed by atoms with E-state index in [9.17, 15) is 4.79 Å². The molecule has 2 atom stereocenters. The monoisotopic (exact) mass is 391 g/mol. The molecule has 2 aromatic carbocycles. The number of benzene rings is 2. The molecule has 1 aliphatic heterocycles. The zero-order valence-electron chi connectivity index (χ0n) is 17.2. The first-order valence-corrected chi connectivity index (χ1v) is 10.3. The summed E-state index contributed by atoms with van der Waals surface area (Å²) >= 11 is 0. The second kappa shape index (κ2) is 10.1. The van der Waals surface area contributed by atoms with Crippen molar-refractivity contribution in [3.63, 3.8) is 0 Å². The lowest BCUT2D eigenvalue weighted by atomic mass is 10.0. The van der Waals surface area contributed by atoms with Crippen molar-refractivity contribution in [3.05, 3.63) is 65.2 Å². The largest absolute Gasteiger partial charge is 0.481 e. The third-order valence-electron chi connectivity index (χ3n) is 5.55. The fourth-order valence-electron chi connectivity index (χ4n) is 3.69. The maximum atomic E-state index is 12.5. The van der Waals surface area contributed by atoms with Gasteiger partial charge in [-0.1, -0.05) is 30.7 Å². The Hall–Kier alpha value is -2.84. The van der Waals surface area contributed by atoms with Crippen LogP contribution >= 0.6 is 0 Å². The molecule has 0 aliphatic carbocycles. The van der Waals surface area contributed by atoms with Gasteiger partial charge in [-0.05, 0) is 68.6 Å². The molecule has 1 heterocycles. The quantitative estimate of drug-likeness (QED) is 0.774. The van der Waals surface area contributed by atoms with E-state index < -0.39 is 6.10 Å². The normalized spacial score (nSPS) is 17.9. The van der Waals surface area contributed by atoms with E-state index in [-0.39, 0.29) is 5.91 Å². The van der Waals surface area contributed by atoms with E-state index in [1.54, 1.807) is 31.2 Å². The molecule has 0 aromatic heterocycles. The van der Waals surface area contributed by atoms with Crippen molar-refractivity contribution in [2.24, 2.45) is 0 Å². The molecule has 0 bridgehead atoms. The molecule has 5 nitrogen and oxygen atoms in total. The van der Waals surface area contributed by atoms with Crippen LogP contribution in [0, 0.1) is 11.3 Å². The lowest BCUT2D eigenvalue weighted by Crippen LogP contribution is -2.38. The summed E-state index contributed by atoms with van der Waals surface area (Å²) in [6, 6.07) is 17.7. The number of hydrogen-bond acceptors (Lipinski definition) is 4. The van der Waals surface area contributed by atoms with Gasteiger partial charge in [0.15, 0.2) is 6.10 Å². The Morgan fingerprint density at radius 2 is 1.93 bits per heavy atom. The molecule has 0 saturated carbocycles. The minimum Gasteiger partial charge on any atom is -0.481 e. The summed E-state index contributed by atoms with van der Waals surface area (Å²) < 4.78 is 5.70. The Bertz CT molecular complexity index is 857. The molecule has 152 valence electrons. The van der Waals surface area contributed by atoms with Crippen LogP contribution in [-0.4, -0.2) is 29.5 Å². The average Bonchev–Trinajstić information content (AvgIpc) is 2.75. The number of hydrogen-bond donors (Lipinski definition) is 1. The minimum atomic E-state index is -0.614. The van der Waals surface area contributed by atoms with Crippen LogP contribution in [0.1, 0.15) is 49.8 Å². The summed E-state index contributed by atoms with van der Waals surface area (Å²) in [4.78, 5) is 15.0. The van der Waals surface area contributed by atoms with Crippen molar-refractivity contribution < 1.29 is 9.53 Å². The van der Waals surface area contributed by atoms with E-state index in [0.29, 0.717) is 23.9 Å². The molecular formula is C24H29N3O2. The standard InChI is InChI=1S/C24H29N3O2/c1-18-7-5-6-14-27(18)17-22-9-4-3-8-21(22)16-26-24(28)19(2)29-23-12-10-20(15-25)11-13-23/h3-4,8-13,18-19H,5-7,14,16-17H2,1-2H3,(H,26,28)/t18-,19-/m0/s1. The van der Waals surface area contributed by atoms with Gasteiger partial charge in [0.25, 0.3) is 5.91 Å². The molecule has 1 aliphatic rings. The fourth-order valence-corrected chi connectivity index (χ4v) is 3.69. The molecule has 5 heteroatoms. The zero-order chi connectivity index (χ0) is 20.6. The maximum absolute atomic E-state index is 12.5. The molecule has 1 saturated heterocycles. The smallest absolute Gasteiger partial charge is 0.261 e. The van der Waals surface area contributed by atoms with Gasteiger partial charge < -0.3 is 10.1 Å². The maximum Gasteiger partial charge on any atom is 0.261 e. The number of ether oxygens (including phenoxy) is 1. The summed E-state index contributed by atoms with van der Waals surface area (Å²) in [5.41, 5.74) is 2.97. The minimum absolute atomic E-state index is 0.157. The second-order valence-corrected chi connectivity index (χ2v) is 7.70. The van der Waals surface area contributed by atoms with Crippen LogP contribution in [0.3, 0.4) is 0 Å². The van der Waals surface area contributed by atoms with E-state index in [2.05, 4.69) is 41.4 Å². The van der Waals surface area contributed by atoms with Crippen molar-refractivity contribution in [2.75, 3.05) is 6.54 Å². The summed E-state index contributed by atoms with van der Waals surface area (Å²) in [6.45, 7) is 6.57. The number of nitrogens with one attached hydrogen (secondary N) is 1.